The summed E-state index contributed by atoms with van der Waals surface area (Å²) in [5.41, 5.74) is 0.934. The Morgan fingerprint density at radius 1 is 0.778 bits per heavy atom. The summed E-state index contributed by atoms with van der Waals surface area (Å²) in [6.07, 6.45) is 20.3. The van der Waals surface area contributed by atoms with E-state index in [1.54, 1.807) is 18.2 Å². The fourth-order valence-corrected chi connectivity index (χ4v) is 5.74. The third-order valence-corrected chi connectivity index (χ3v) is 7.98. The van der Waals surface area contributed by atoms with Crippen molar-refractivity contribution in [1.29, 1.82) is 0 Å². The van der Waals surface area contributed by atoms with Crippen LogP contribution in [0.5, 0.6) is 0 Å². The van der Waals surface area contributed by atoms with Crippen molar-refractivity contribution in [3.05, 3.63) is 48.6 Å². The van der Waals surface area contributed by atoms with Crippen molar-refractivity contribution in [1.82, 2.24) is 4.72 Å². The number of nitrogens with one attached hydrogen (secondary N) is 1. The van der Waals surface area contributed by atoms with Gasteiger partial charge in [0, 0.05) is 37.0 Å². The maximum Gasteiger partial charge on any atom is 0.264 e. The zero-order valence-electron chi connectivity index (χ0n) is 22.6. The largest absolute Gasteiger partial charge is 0.377 e. The van der Waals surface area contributed by atoms with Gasteiger partial charge in [0.25, 0.3) is 10.0 Å². The molecule has 0 unspecified atom stereocenters. The van der Waals surface area contributed by atoms with E-state index < -0.39 is 15.9 Å². The molecule has 6 heteroatoms. The average molecular weight is 515 g/mol. The molecule has 36 heavy (non-hydrogen) atoms. The number of carbonyl (C=O) groups excluding carboxylic acids is 1. The Hall–Kier alpha value is -2.34. The first-order chi connectivity index (χ1) is 17.4. The molecule has 0 aliphatic heterocycles. The van der Waals surface area contributed by atoms with E-state index in [9.17, 15) is 13.2 Å². The van der Waals surface area contributed by atoms with E-state index in [1.807, 2.05) is 37.2 Å². The predicted octanol–water partition coefficient (Wildman–Crippen LogP) is 7.75. The Balaban J connectivity index is 1.65. The SMILES string of the molecule is CCCCCCCC/C=C\CCCCCCCC(=O)NS(=O)(=O)c1cccc2c(N(C)C)cccc12. The molecule has 200 valence electrons. The number of unbranched alkanes of at least 4 members (excludes halogenated alkanes) is 11. The molecule has 0 spiro atoms. The molecular weight excluding hydrogens is 468 g/mol. The molecule has 1 amide bonds. The molecule has 0 aliphatic rings. The molecule has 0 heterocycles. The molecule has 0 aliphatic carbocycles. The maximum absolute atomic E-state index is 12.9. The molecule has 2 rings (SSSR count). The fraction of sp³-hybridized carbons (Fsp3) is 0.567. The topological polar surface area (TPSA) is 66.5 Å². The van der Waals surface area contributed by atoms with Gasteiger partial charge in [0.15, 0.2) is 0 Å². The van der Waals surface area contributed by atoms with Crippen molar-refractivity contribution in [3.63, 3.8) is 0 Å². The summed E-state index contributed by atoms with van der Waals surface area (Å²) in [6, 6.07) is 10.7. The molecule has 0 saturated carbocycles. The maximum atomic E-state index is 12.9. The quantitative estimate of drug-likeness (QED) is 0.163. The number of hydrogen-bond acceptors (Lipinski definition) is 4. The molecule has 0 saturated heterocycles. The first-order valence-corrected chi connectivity index (χ1v) is 15.2. The van der Waals surface area contributed by atoms with Crippen LogP contribution < -0.4 is 9.62 Å². The van der Waals surface area contributed by atoms with Crippen molar-refractivity contribution in [2.75, 3.05) is 19.0 Å². The Morgan fingerprint density at radius 2 is 1.33 bits per heavy atom. The van der Waals surface area contributed by atoms with Gasteiger partial charge in [0.1, 0.15) is 0 Å². The smallest absolute Gasteiger partial charge is 0.264 e. The monoisotopic (exact) mass is 514 g/mol. The summed E-state index contributed by atoms with van der Waals surface area (Å²) in [7, 11) is -0.0802. The van der Waals surface area contributed by atoms with Crippen LogP contribution in [0.25, 0.3) is 10.8 Å². The van der Waals surface area contributed by atoms with E-state index in [-0.39, 0.29) is 11.3 Å². The van der Waals surface area contributed by atoms with Gasteiger partial charge in [-0.15, -0.1) is 0 Å². The summed E-state index contributed by atoms with van der Waals surface area (Å²) in [6.45, 7) is 2.25. The number of hydrogen-bond donors (Lipinski definition) is 1. The highest BCUT2D eigenvalue weighted by molar-refractivity contribution is 7.90. The van der Waals surface area contributed by atoms with Crippen molar-refractivity contribution in [2.24, 2.45) is 0 Å². The standard InChI is InChI=1S/C30H46N2O3S/c1-4-5-6-7-8-9-10-11-12-13-14-15-16-17-18-25-30(33)31-36(34,35)29-24-20-21-26-27(29)22-19-23-28(26)32(2)3/h11-12,19-24H,4-10,13-18,25H2,1-3H3,(H,31,33)/b12-11-. The van der Waals surface area contributed by atoms with Gasteiger partial charge in [0.05, 0.1) is 4.90 Å². The third kappa shape index (κ3) is 10.3. The number of carbonyl (C=O) groups is 1. The predicted molar refractivity (Wildman–Crippen MR) is 153 cm³/mol. The minimum atomic E-state index is -3.92. The van der Waals surface area contributed by atoms with Crippen LogP contribution in [0.15, 0.2) is 53.4 Å². The van der Waals surface area contributed by atoms with Crippen molar-refractivity contribution >= 4 is 32.4 Å². The van der Waals surface area contributed by atoms with Gasteiger partial charge in [-0.05, 0) is 44.2 Å². The fourth-order valence-electron chi connectivity index (χ4n) is 4.50. The molecule has 2 aromatic rings. The van der Waals surface area contributed by atoms with Gasteiger partial charge in [-0.1, -0.05) is 94.7 Å². The minimum absolute atomic E-state index is 0.140. The summed E-state index contributed by atoms with van der Waals surface area (Å²) >= 11 is 0. The number of benzene rings is 2. The lowest BCUT2D eigenvalue weighted by atomic mass is 10.1. The Kier molecular flexibility index (Phi) is 13.6. The highest BCUT2D eigenvalue weighted by atomic mass is 32.2. The van der Waals surface area contributed by atoms with Crippen LogP contribution >= 0.6 is 0 Å². The van der Waals surface area contributed by atoms with Gasteiger partial charge in [-0.2, -0.15) is 0 Å². The van der Waals surface area contributed by atoms with Gasteiger partial charge in [-0.25, -0.2) is 13.1 Å². The van der Waals surface area contributed by atoms with Crippen LogP contribution in [0.3, 0.4) is 0 Å². The van der Waals surface area contributed by atoms with E-state index in [1.165, 1.54) is 51.4 Å². The van der Waals surface area contributed by atoms with Crippen LogP contribution in [0.4, 0.5) is 5.69 Å². The second-order valence-corrected chi connectivity index (χ2v) is 11.5. The second-order valence-electron chi connectivity index (χ2n) is 9.89. The zero-order chi connectivity index (χ0) is 26.2. The lowest BCUT2D eigenvalue weighted by Crippen LogP contribution is -2.30. The molecular formula is C30H46N2O3S. The van der Waals surface area contributed by atoms with E-state index in [4.69, 9.17) is 0 Å². The number of nitrogens with zero attached hydrogens (tertiary/aromatic N) is 1. The molecule has 1 N–H and O–H groups in total. The van der Waals surface area contributed by atoms with Gasteiger partial charge < -0.3 is 4.90 Å². The van der Waals surface area contributed by atoms with Crippen LogP contribution in [-0.4, -0.2) is 28.4 Å². The summed E-state index contributed by atoms with van der Waals surface area (Å²) in [5.74, 6) is -0.437. The summed E-state index contributed by atoms with van der Waals surface area (Å²) in [4.78, 5) is 14.5. The Bertz CT molecular complexity index is 1060. The number of amides is 1. The van der Waals surface area contributed by atoms with E-state index >= 15 is 0 Å². The second kappa shape index (κ2) is 16.4. The Morgan fingerprint density at radius 3 is 1.97 bits per heavy atom. The molecule has 2 aromatic carbocycles. The number of fused-ring (bicyclic) bond motifs is 1. The lowest BCUT2D eigenvalue weighted by molar-refractivity contribution is -0.119. The first-order valence-electron chi connectivity index (χ1n) is 13.8. The highest BCUT2D eigenvalue weighted by Crippen LogP contribution is 2.30. The van der Waals surface area contributed by atoms with Gasteiger partial charge in [0.2, 0.25) is 5.91 Å². The van der Waals surface area contributed by atoms with E-state index in [0.717, 1.165) is 36.8 Å². The summed E-state index contributed by atoms with van der Waals surface area (Å²) < 4.78 is 28.2. The first kappa shape index (κ1) is 29.9. The van der Waals surface area contributed by atoms with Crippen molar-refractivity contribution in [2.45, 2.75) is 102 Å². The van der Waals surface area contributed by atoms with Crippen molar-refractivity contribution < 1.29 is 13.2 Å². The van der Waals surface area contributed by atoms with Crippen LogP contribution in [0, 0.1) is 0 Å². The lowest BCUT2D eigenvalue weighted by Gasteiger charge is -2.17. The van der Waals surface area contributed by atoms with Crippen LogP contribution in [0.1, 0.15) is 96.8 Å². The van der Waals surface area contributed by atoms with Gasteiger partial charge in [-0.3, -0.25) is 4.79 Å². The summed E-state index contributed by atoms with van der Waals surface area (Å²) in [5, 5.41) is 1.46. The normalized spacial score (nSPS) is 11.9. The zero-order valence-corrected chi connectivity index (χ0v) is 23.4. The van der Waals surface area contributed by atoms with Crippen molar-refractivity contribution in [3.8, 4) is 0 Å². The molecule has 0 fully saturated rings. The average Bonchev–Trinajstić information content (AvgIpc) is 2.85. The van der Waals surface area contributed by atoms with E-state index in [2.05, 4.69) is 23.8 Å². The number of allylic oxidation sites excluding steroid dienone is 2. The number of sulfonamides is 1. The van der Waals surface area contributed by atoms with Crippen LogP contribution in [0.2, 0.25) is 0 Å². The Labute approximate surface area is 219 Å². The van der Waals surface area contributed by atoms with Gasteiger partial charge >= 0.3 is 0 Å². The third-order valence-electron chi connectivity index (χ3n) is 6.54. The molecule has 5 nitrogen and oxygen atoms in total. The minimum Gasteiger partial charge on any atom is -0.377 e. The molecule has 0 radical (unpaired) electrons. The van der Waals surface area contributed by atoms with E-state index in [0.29, 0.717) is 11.8 Å². The molecule has 0 bridgehead atoms. The molecule has 0 aromatic heterocycles. The van der Waals surface area contributed by atoms with Crippen LogP contribution in [-0.2, 0) is 14.8 Å². The number of rotatable bonds is 18. The number of anilines is 1. The highest BCUT2D eigenvalue weighted by Gasteiger charge is 2.20. The molecule has 0 atom stereocenters.